The molecule has 0 aliphatic carbocycles. The highest BCUT2D eigenvalue weighted by Gasteiger charge is 2.06. The van der Waals surface area contributed by atoms with Crippen molar-refractivity contribution in [1.82, 2.24) is 14.9 Å². The van der Waals surface area contributed by atoms with E-state index in [0.717, 1.165) is 24.5 Å². The standard InChI is InChI=1S/C14H21N3O/c1-10(2)15-6-13-5-14(18-8-13)7-17-9-16-11(3)12(17)4/h5,8-10,15H,6-7H2,1-4H3. The summed E-state index contributed by atoms with van der Waals surface area (Å²) in [6.45, 7) is 9.97. The number of furan rings is 1. The lowest BCUT2D eigenvalue weighted by Crippen LogP contribution is -2.21. The Bertz CT molecular complexity index is 511. The zero-order valence-electron chi connectivity index (χ0n) is 11.5. The van der Waals surface area contributed by atoms with E-state index in [-0.39, 0.29) is 0 Å². The minimum Gasteiger partial charge on any atom is -0.467 e. The first-order chi connectivity index (χ1) is 8.56. The van der Waals surface area contributed by atoms with Crippen molar-refractivity contribution in [2.45, 2.75) is 46.8 Å². The molecule has 0 atom stereocenters. The molecule has 18 heavy (non-hydrogen) atoms. The van der Waals surface area contributed by atoms with Gasteiger partial charge in [-0.25, -0.2) is 4.98 Å². The van der Waals surface area contributed by atoms with Crippen LogP contribution < -0.4 is 5.32 Å². The van der Waals surface area contributed by atoms with Crippen molar-refractivity contribution in [2.75, 3.05) is 0 Å². The fraction of sp³-hybridized carbons (Fsp3) is 0.500. The topological polar surface area (TPSA) is 43.0 Å². The van der Waals surface area contributed by atoms with Gasteiger partial charge in [-0.15, -0.1) is 0 Å². The molecule has 2 aromatic heterocycles. The third-order valence-corrected chi connectivity index (χ3v) is 3.09. The number of aryl methyl sites for hydroxylation is 1. The van der Waals surface area contributed by atoms with E-state index in [4.69, 9.17) is 4.42 Å². The zero-order valence-corrected chi connectivity index (χ0v) is 11.5. The molecule has 2 rings (SSSR count). The van der Waals surface area contributed by atoms with E-state index in [9.17, 15) is 0 Å². The van der Waals surface area contributed by atoms with Gasteiger partial charge in [0.15, 0.2) is 0 Å². The van der Waals surface area contributed by atoms with Crippen LogP contribution in [0.1, 0.15) is 36.6 Å². The first-order valence-corrected chi connectivity index (χ1v) is 6.34. The van der Waals surface area contributed by atoms with E-state index in [1.165, 1.54) is 11.3 Å². The molecule has 2 aromatic rings. The highest BCUT2D eigenvalue weighted by atomic mass is 16.3. The second-order valence-electron chi connectivity index (χ2n) is 5.00. The van der Waals surface area contributed by atoms with E-state index < -0.39 is 0 Å². The molecule has 0 aromatic carbocycles. The molecule has 0 saturated carbocycles. The van der Waals surface area contributed by atoms with Crippen LogP contribution in [0.25, 0.3) is 0 Å². The zero-order chi connectivity index (χ0) is 13.1. The van der Waals surface area contributed by atoms with E-state index in [1.54, 1.807) is 0 Å². The lowest BCUT2D eigenvalue weighted by atomic mass is 10.3. The highest BCUT2D eigenvalue weighted by Crippen LogP contribution is 2.12. The maximum absolute atomic E-state index is 5.58. The van der Waals surface area contributed by atoms with Crippen LogP contribution in [0.3, 0.4) is 0 Å². The Kier molecular flexibility index (Phi) is 3.87. The summed E-state index contributed by atoms with van der Waals surface area (Å²) >= 11 is 0. The van der Waals surface area contributed by atoms with Gasteiger partial charge >= 0.3 is 0 Å². The minimum atomic E-state index is 0.488. The Balaban J connectivity index is 2.00. The third-order valence-electron chi connectivity index (χ3n) is 3.09. The van der Waals surface area contributed by atoms with Crippen molar-refractivity contribution < 1.29 is 4.42 Å². The van der Waals surface area contributed by atoms with Crippen molar-refractivity contribution >= 4 is 0 Å². The van der Waals surface area contributed by atoms with Gasteiger partial charge in [0.1, 0.15) is 5.76 Å². The largest absolute Gasteiger partial charge is 0.467 e. The summed E-state index contributed by atoms with van der Waals surface area (Å²) in [4.78, 5) is 4.29. The second-order valence-corrected chi connectivity index (χ2v) is 5.00. The smallest absolute Gasteiger partial charge is 0.123 e. The average molecular weight is 247 g/mol. The highest BCUT2D eigenvalue weighted by molar-refractivity contribution is 5.15. The summed E-state index contributed by atoms with van der Waals surface area (Å²) in [5.74, 6) is 0.969. The van der Waals surface area contributed by atoms with E-state index in [2.05, 4.69) is 41.7 Å². The van der Waals surface area contributed by atoms with E-state index in [1.807, 2.05) is 19.5 Å². The fourth-order valence-corrected chi connectivity index (χ4v) is 1.80. The van der Waals surface area contributed by atoms with Crippen LogP contribution >= 0.6 is 0 Å². The Morgan fingerprint density at radius 2 is 2.17 bits per heavy atom. The molecule has 98 valence electrons. The van der Waals surface area contributed by atoms with Crippen LogP contribution in [-0.2, 0) is 13.1 Å². The number of hydrogen-bond acceptors (Lipinski definition) is 3. The number of rotatable bonds is 5. The fourth-order valence-electron chi connectivity index (χ4n) is 1.80. The first-order valence-electron chi connectivity index (χ1n) is 6.34. The number of nitrogens with zero attached hydrogens (tertiary/aromatic N) is 2. The summed E-state index contributed by atoms with van der Waals surface area (Å²) in [6, 6.07) is 2.59. The SMILES string of the molecule is Cc1ncn(Cc2cc(CNC(C)C)co2)c1C. The van der Waals surface area contributed by atoms with Gasteiger partial charge in [0.25, 0.3) is 0 Å². The lowest BCUT2D eigenvalue weighted by molar-refractivity contribution is 0.487. The van der Waals surface area contributed by atoms with Gasteiger partial charge in [-0.3, -0.25) is 0 Å². The number of aromatic nitrogens is 2. The molecule has 0 bridgehead atoms. The Morgan fingerprint density at radius 3 is 2.78 bits per heavy atom. The minimum absolute atomic E-state index is 0.488. The van der Waals surface area contributed by atoms with E-state index >= 15 is 0 Å². The van der Waals surface area contributed by atoms with Gasteiger partial charge in [-0.2, -0.15) is 0 Å². The van der Waals surface area contributed by atoms with Gasteiger partial charge in [0.05, 0.1) is 24.8 Å². The summed E-state index contributed by atoms with van der Waals surface area (Å²) in [7, 11) is 0. The summed E-state index contributed by atoms with van der Waals surface area (Å²) < 4.78 is 7.68. The quantitative estimate of drug-likeness (QED) is 0.883. The molecule has 2 heterocycles. The van der Waals surface area contributed by atoms with Crippen molar-refractivity contribution in [1.29, 1.82) is 0 Å². The normalized spacial score (nSPS) is 11.4. The molecular weight excluding hydrogens is 226 g/mol. The van der Waals surface area contributed by atoms with Crippen molar-refractivity contribution in [3.05, 3.63) is 41.4 Å². The Labute approximate surface area is 108 Å². The molecule has 4 heteroatoms. The molecule has 0 aliphatic rings. The van der Waals surface area contributed by atoms with Crippen LogP contribution in [0.4, 0.5) is 0 Å². The van der Waals surface area contributed by atoms with Crippen LogP contribution in [-0.4, -0.2) is 15.6 Å². The predicted octanol–water partition coefficient (Wildman–Crippen LogP) is 2.64. The van der Waals surface area contributed by atoms with Crippen LogP contribution in [0.2, 0.25) is 0 Å². The number of imidazole rings is 1. The maximum atomic E-state index is 5.58. The van der Waals surface area contributed by atoms with Crippen LogP contribution in [0.5, 0.6) is 0 Å². The van der Waals surface area contributed by atoms with Gasteiger partial charge in [0, 0.05) is 23.8 Å². The molecule has 0 fully saturated rings. The van der Waals surface area contributed by atoms with Crippen LogP contribution in [0.15, 0.2) is 23.1 Å². The molecule has 0 amide bonds. The summed E-state index contributed by atoms with van der Waals surface area (Å²) in [6.07, 6.45) is 3.68. The van der Waals surface area contributed by atoms with Crippen molar-refractivity contribution in [2.24, 2.45) is 0 Å². The molecule has 1 N–H and O–H groups in total. The summed E-state index contributed by atoms with van der Waals surface area (Å²) in [5.41, 5.74) is 3.45. The summed E-state index contributed by atoms with van der Waals surface area (Å²) in [5, 5.41) is 3.38. The van der Waals surface area contributed by atoms with Gasteiger partial charge in [-0.1, -0.05) is 13.8 Å². The molecule has 0 unspecified atom stereocenters. The monoisotopic (exact) mass is 247 g/mol. The molecule has 0 saturated heterocycles. The third kappa shape index (κ3) is 3.01. The maximum Gasteiger partial charge on any atom is 0.123 e. The lowest BCUT2D eigenvalue weighted by Gasteiger charge is -2.05. The molecule has 4 nitrogen and oxygen atoms in total. The van der Waals surface area contributed by atoms with Crippen molar-refractivity contribution in [3.8, 4) is 0 Å². The number of hydrogen-bond donors (Lipinski definition) is 1. The average Bonchev–Trinajstić information content (AvgIpc) is 2.89. The van der Waals surface area contributed by atoms with Gasteiger partial charge < -0.3 is 14.3 Å². The number of nitrogens with one attached hydrogen (secondary N) is 1. The molecule has 0 spiro atoms. The molecule has 0 aliphatic heterocycles. The van der Waals surface area contributed by atoms with Crippen molar-refractivity contribution in [3.63, 3.8) is 0 Å². The Hall–Kier alpha value is -1.55. The Morgan fingerprint density at radius 1 is 1.39 bits per heavy atom. The predicted molar refractivity (Wildman–Crippen MR) is 71.5 cm³/mol. The molecular formula is C14H21N3O. The van der Waals surface area contributed by atoms with Crippen LogP contribution in [0, 0.1) is 13.8 Å². The van der Waals surface area contributed by atoms with Gasteiger partial charge in [0.2, 0.25) is 0 Å². The first kappa shape index (κ1) is 12.9. The molecule has 0 radical (unpaired) electrons. The van der Waals surface area contributed by atoms with E-state index in [0.29, 0.717) is 6.04 Å². The van der Waals surface area contributed by atoms with Gasteiger partial charge in [-0.05, 0) is 19.9 Å². The second kappa shape index (κ2) is 5.40.